The van der Waals surface area contributed by atoms with Crippen molar-refractivity contribution < 1.29 is 48.5 Å². The highest BCUT2D eigenvalue weighted by Gasteiger charge is 2.41. The molecular formula is C50H42BrN7O14. The monoisotopic (exact) mass is 1040 g/mol. The minimum Gasteiger partial charge on any atom is -0.268 e. The fourth-order valence-electron chi connectivity index (χ4n) is 7.91. The Hall–Kier alpha value is -9.18. The molecule has 9 rings (SSSR count). The first-order valence-corrected chi connectivity index (χ1v) is 22.7. The van der Waals surface area contributed by atoms with Crippen LogP contribution in [0.3, 0.4) is 0 Å². The van der Waals surface area contributed by atoms with Gasteiger partial charge in [0.05, 0.1) is 65.2 Å². The van der Waals surface area contributed by atoms with Gasteiger partial charge in [0.25, 0.3) is 52.5 Å². The van der Waals surface area contributed by atoms with Crippen molar-refractivity contribution in [1.29, 1.82) is 0 Å². The number of nitro groups is 4. The van der Waals surface area contributed by atoms with Crippen molar-refractivity contribution in [3.05, 3.63) is 216 Å². The molecule has 21 nitrogen and oxygen atoms in total. The number of halogens is 1. The molecule has 3 heterocycles. The summed E-state index contributed by atoms with van der Waals surface area (Å²) in [6, 6.07) is 26.9. The summed E-state index contributed by atoms with van der Waals surface area (Å²) in [6.07, 6.45) is 0. The second-order valence-corrected chi connectivity index (χ2v) is 15.9. The van der Waals surface area contributed by atoms with Gasteiger partial charge in [0, 0.05) is 41.3 Å². The van der Waals surface area contributed by atoms with Crippen molar-refractivity contribution in [2.24, 2.45) is 0 Å². The van der Waals surface area contributed by atoms with Crippen LogP contribution in [0.25, 0.3) is 0 Å². The molecule has 0 fully saturated rings. The number of anilines is 3. The number of non-ortho nitro benzene ring substituents is 3. The Morgan fingerprint density at radius 1 is 0.319 bits per heavy atom. The number of rotatable bonds is 6. The number of benzene rings is 6. The van der Waals surface area contributed by atoms with E-state index >= 15 is 0 Å². The van der Waals surface area contributed by atoms with E-state index in [2.05, 4.69) is 15.9 Å². The first-order chi connectivity index (χ1) is 34.0. The van der Waals surface area contributed by atoms with E-state index in [1.165, 1.54) is 72.8 Å². The smallest absolute Gasteiger partial charge is 0.268 e. The third-order valence-corrected chi connectivity index (χ3v) is 11.3. The van der Waals surface area contributed by atoms with Gasteiger partial charge in [-0.1, -0.05) is 52.3 Å². The Bertz CT molecular complexity index is 2810. The van der Waals surface area contributed by atoms with Gasteiger partial charge in [0.2, 0.25) is 0 Å². The van der Waals surface area contributed by atoms with Gasteiger partial charge in [0.1, 0.15) is 0 Å². The minimum atomic E-state index is -0.527. The fourth-order valence-corrected chi connectivity index (χ4v) is 7.91. The minimum absolute atomic E-state index is 0.0901. The van der Waals surface area contributed by atoms with Crippen LogP contribution in [0.15, 0.2) is 109 Å². The summed E-state index contributed by atoms with van der Waals surface area (Å²) < 4.78 is 0. The lowest BCUT2D eigenvalue weighted by Crippen LogP contribution is -2.29. The molecule has 0 spiro atoms. The van der Waals surface area contributed by atoms with Gasteiger partial charge in [-0.15, -0.1) is 0 Å². The van der Waals surface area contributed by atoms with Crippen LogP contribution in [-0.4, -0.2) is 68.0 Å². The van der Waals surface area contributed by atoms with E-state index in [1.807, 2.05) is 5.83 Å². The summed E-state index contributed by atoms with van der Waals surface area (Å²) in [5, 5.41) is 40.9. The predicted molar refractivity (Wildman–Crippen MR) is 268 cm³/mol. The first kappa shape index (κ1) is 53.8. The number of hydrogen-bond donors (Lipinski definition) is 0. The molecule has 0 aliphatic carbocycles. The summed E-state index contributed by atoms with van der Waals surface area (Å²) in [7, 11) is 0.889. The molecule has 22 heteroatoms. The van der Waals surface area contributed by atoms with Gasteiger partial charge in [-0.25, -0.2) is 14.7 Å². The average Bonchev–Trinajstić information content (AvgIpc) is 3.90. The van der Waals surface area contributed by atoms with Crippen LogP contribution < -0.4 is 14.7 Å². The maximum Gasteiger partial charge on any atom is 0.269 e. The van der Waals surface area contributed by atoms with Gasteiger partial charge in [-0.05, 0) is 117 Å². The molecule has 6 amide bonds. The average molecular weight is 1040 g/mol. The van der Waals surface area contributed by atoms with Crippen LogP contribution in [0.5, 0.6) is 0 Å². The Morgan fingerprint density at radius 2 is 0.458 bits per heavy atom. The van der Waals surface area contributed by atoms with Crippen molar-refractivity contribution in [3.63, 3.8) is 0 Å². The molecule has 6 aromatic carbocycles. The maximum atomic E-state index is 12.6. The van der Waals surface area contributed by atoms with E-state index in [0.29, 0.717) is 50.4 Å². The molecule has 0 N–H and O–H groups in total. The number of fused-ring (bicyclic) bond motifs is 3. The number of alkyl halides is 1. The molecule has 0 bridgehead atoms. The topological polar surface area (TPSA) is 285 Å². The quantitative estimate of drug-likeness (QED) is 0.0649. The number of nitro benzene ring substituents is 3. The van der Waals surface area contributed by atoms with Gasteiger partial charge >= 0.3 is 0 Å². The fraction of sp³-hybridized carbons (Fsp3) is 0.160. The molecule has 0 radical (unpaired) electrons. The van der Waals surface area contributed by atoms with Crippen LogP contribution >= 0.6 is 15.9 Å². The summed E-state index contributed by atoms with van der Waals surface area (Å²) >= 11 is 2.94. The molecule has 0 unspecified atom stereocenters. The number of imide groups is 3. The van der Waals surface area contributed by atoms with E-state index in [-0.39, 0.29) is 17.1 Å². The van der Waals surface area contributed by atoms with Gasteiger partial charge in [-0.3, -0.25) is 69.2 Å². The number of aryl methyl sites for hydroxylation is 6. The Balaban J connectivity index is 0.000000190. The van der Waals surface area contributed by atoms with Gasteiger partial charge in [-0.2, -0.15) is 0 Å². The Labute approximate surface area is 418 Å². The zero-order valence-electron chi connectivity index (χ0n) is 39.6. The van der Waals surface area contributed by atoms with Crippen molar-refractivity contribution in [2.75, 3.05) is 27.6 Å². The molecule has 3 aliphatic rings. The van der Waals surface area contributed by atoms with Crippen molar-refractivity contribution in [2.45, 2.75) is 41.5 Å². The number of hydrogen-bond acceptors (Lipinski definition) is 14. The highest BCUT2D eigenvalue weighted by Crippen LogP contribution is 2.36. The van der Waals surface area contributed by atoms with Gasteiger partial charge < -0.3 is 0 Å². The molecule has 3 aliphatic heterocycles. The molecule has 0 saturated heterocycles. The van der Waals surface area contributed by atoms with E-state index < -0.39 is 55.1 Å². The van der Waals surface area contributed by atoms with E-state index in [1.54, 1.807) is 77.9 Å². The van der Waals surface area contributed by atoms with Crippen LogP contribution in [-0.2, 0) is 0 Å². The molecule has 0 aromatic heterocycles. The summed E-state index contributed by atoms with van der Waals surface area (Å²) in [5.41, 5.74) is 7.59. The summed E-state index contributed by atoms with van der Waals surface area (Å²) in [6.45, 7) is 10.7. The van der Waals surface area contributed by atoms with E-state index in [9.17, 15) is 59.1 Å². The lowest BCUT2D eigenvalue weighted by atomic mass is 9.99. The normalized spacial score (nSPS) is 12.8. The van der Waals surface area contributed by atoms with Crippen molar-refractivity contribution in [3.8, 4) is 0 Å². The summed E-state index contributed by atoms with van der Waals surface area (Å²) in [4.78, 5) is 117. The van der Waals surface area contributed by atoms with E-state index in [0.717, 1.165) is 55.1 Å². The Morgan fingerprint density at radius 3 is 0.583 bits per heavy atom. The lowest BCUT2D eigenvalue weighted by molar-refractivity contribution is -0.445. The van der Waals surface area contributed by atoms with Crippen LogP contribution in [0.1, 0.15) is 95.5 Å². The molecule has 368 valence electrons. The molecular weight excluding hydrogens is 1000 g/mol. The number of carbonyl (C=O) groups is 6. The number of carbonyl (C=O) groups excluding carboxylic acids is 6. The molecule has 72 heavy (non-hydrogen) atoms. The SMILES string of the molecule is CBr.C[N+](=O)[O-].Cc1ccc(C)c2c1C(=O)N(c1ccc([N+](=O)[O-])cc1)C2=O.Cc1ccc(C)c2c1C(=O)N(c1ccc([N+](=O)[O-])cc1)C2=O.Cc1ccc(C)c2c1C(=O)N(c1ccc([N+](=O)[O-])cc1)C2=O. The van der Waals surface area contributed by atoms with Crippen molar-refractivity contribution in [1.82, 2.24) is 0 Å². The van der Waals surface area contributed by atoms with Crippen molar-refractivity contribution >= 4 is 85.5 Å². The second-order valence-electron chi connectivity index (χ2n) is 15.9. The Kier molecular flexibility index (Phi) is 16.5. The van der Waals surface area contributed by atoms with Crippen LogP contribution in [0, 0.1) is 82.0 Å². The van der Waals surface area contributed by atoms with Gasteiger partial charge in [0.15, 0.2) is 7.05 Å². The standard InChI is InChI=1S/3C16H12N2O4.CH3Br.CH3NO2/c3*1-9-3-4-10(2)14-13(9)15(19)17(16(14)20)11-5-7-12(8-6-11)18(21)22;1-2;1-2(3)4/h3*3-8H,1-2H3;1H3;1H3. The maximum absolute atomic E-state index is 12.6. The highest BCUT2D eigenvalue weighted by molar-refractivity contribution is 9.08. The third kappa shape index (κ3) is 10.5. The number of nitrogens with zero attached hydrogens (tertiary/aromatic N) is 7. The third-order valence-electron chi connectivity index (χ3n) is 11.3. The summed E-state index contributed by atoms with van der Waals surface area (Å²) in [5.74, 6) is -0.548. The number of amides is 6. The zero-order chi connectivity index (χ0) is 53.6. The van der Waals surface area contributed by atoms with E-state index in [4.69, 9.17) is 10.1 Å². The zero-order valence-corrected chi connectivity index (χ0v) is 41.2. The first-order valence-electron chi connectivity index (χ1n) is 21.1. The molecule has 0 atom stereocenters. The second kappa shape index (κ2) is 22.1. The predicted octanol–water partition coefficient (Wildman–Crippen LogP) is 9.94. The molecule has 6 aromatic rings. The van der Waals surface area contributed by atoms with Crippen LogP contribution in [0.2, 0.25) is 0 Å². The van der Waals surface area contributed by atoms with Crippen LogP contribution in [0.4, 0.5) is 34.1 Å². The molecule has 0 saturated carbocycles. The lowest BCUT2D eigenvalue weighted by Gasteiger charge is -2.13. The highest BCUT2D eigenvalue weighted by atomic mass is 79.9. The largest absolute Gasteiger partial charge is 0.269 e.